The number of sulfonamides is 1. The fourth-order valence-electron chi connectivity index (χ4n) is 3.25. The van der Waals surface area contributed by atoms with Gasteiger partial charge in [-0.15, -0.1) is 0 Å². The van der Waals surface area contributed by atoms with E-state index >= 15 is 0 Å². The van der Waals surface area contributed by atoms with E-state index in [1.165, 1.54) is 12.1 Å². The van der Waals surface area contributed by atoms with Gasteiger partial charge in [-0.3, -0.25) is 4.68 Å². The Labute approximate surface area is 158 Å². The van der Waals surface area contributed by atoms with E-state index in [0.717, 1.165) is 23.5 Å². The van der Waals surface area contributed by atoms with Crippen LogP contribution in [-0.4, -0.2) is 31.4 Å². The molecule has 1 unspecified atom stereocenters. The van der Waals surface area contributed by atoms with Gasteiger partial charge in [-0.1, -0.05) is 11.6 Å². The van der Waals surface area contributed by atoms with Gasteiger partial charge >= 0.3 is 0 Å². The zero-order valence-corrected chi connectivity index (χ0v) is 16.7. The quantitative estimate of drug-likeness (QED) is 0.835. The van der Waals surface area contributed by atoms with Crippen molar-refractivity contribution in [1.29, 1.82) is 0 Å². The van der Waals surface area contributed by atoms with Crippen molar-refractivity contribution in [1.82, 2.24) is 14.5 Å². The molecule has 1 aliphatic heterocycles. The second kappa shape index (κ2) is 7.09. The second-order valence-electron chi connectivity index (χ2n) is 6.17. The van der Waals surface area contributed by atoms with E-state index in [0.29, 0.717) is 24.7 Å². The molecule has 142 valence electrons. The van der Waals surface area contributed by atoms with Gasteiger partial charge in [0.1, 0.15) is 18.1 Å². The maximum absolute atomic E-state index is 12.9. The minimum absolute atomic E-state index is 0.0338. The summed E-state index contributed by atoms with van der Waals surface area (Å²) >= 11 is 6.19. The summed E-state index contributed by atoms with van der Waals surface area (Å²) in [5.74, 6) is 0.823. The molecular weight excluding hydrogens is 378 g/mol. The average Bonchev–Trinajstić information content (AvgIpc) is 2.87. The van der Waals surface area contributed by atoms with Crippen LogP contribution in [0.2, 0.25) is 5.02 Å². The maximum Gasteiger partial charge on any atom is 0.242 e. The Hall–Kier alpha value is -1.77. The highest BCUT2D eigenvalue weighted by Crippen LogP contribution is 2.37. The summed E-state index contributed by atoms with van der Waals surface area (Å²) < 4.78 is 41.3. The topological polar surface area (TPSA) is 82.5 Å². The van der Waals surface area contributed by atoms with Gasteiger partial charge in [0.05, 0.1) is 10.7 Å². The highest BCUT2D eigenvalue weighted by Gasteiger charge is 2.27. The molecular formula is C17H22ClN3O4S. The summed E-state index contributed by atoms with van der Waals surface area (Å²) in [5.41, 5.74) is 2.60. The first-order valence-electron chi connectivity index (χ1n) is 8.40. The Bertz CT molecular complexity index is 940. The van der Waals surface area contributed by atoms with Gasteiger partial charge in [0, 0.05) is 36.0 Å². The molecule has 3 rings (SSSR count). The van der Waals surface area contributed by atoms with Crippen molar-refractivity contribution >= 4 is 21.6 Å². The van der Waals surface area contributed by atoms with Gasteiger partial charge in [-0.25, -0.2) is 13.1 Å². The van der Waals surface area contributed by atoms with Gasteiger partial charge in [0.2, 0.25) is 10.0 Å². The molecule has 0 fully saturated rings. The number of hydrogen-bond donors (Lipinski definition) is 1. The van der Waals surface area contributed by atoms with Crippen LogP contribution in [-0.2, 0) is 16.6 Å². The van der Waals surface area contributed by atoms with Crippen LogP contribution in [0.1, 0.15) is 36.8 Å². The van der Waals surface area contributed by atoms with Crippen LogP contribution < -0.4 is 14.2 Å². The number of aryl methyl sites for hydroxylation is 2. The Morgan fingerprint density at radius 3 is 2.46 bits per heavy atom. The van der Waals surface area contributed by atoms with E-state index in [-0.39, 0.29) is 9.92 Å². The number of nitrogens with zero attached hydrogens (tertiary/aromatic N) is 2. The van der Waals surface area contributed by atoms with Gasteiger partial charge in [-0.05, 0) is 27.7 Å². The first-order valence-corrected chi connectivity index (χ1v) is 10.3. The summed E-state index contributed by atoms with van der Waals surface area (Å²) in [5, 5.41) is 4.54. The molecule has 0 radical (unpaired) electrons. The van der Waals surface area contributed by atoms with Crippen molar-refractivity contribution in [3.05, 3.63) is 34.1 Å². The van der Waals surface area contributed by atoms with E-state index in [4.69, 9.17) is 21.1 Å². The number of fused-ring (bicyclic) bond motifs is 1. The molecule has 1 aliphatic rings. The second-order valence-corrected chi connectivity index (χ2v) is 8.26. The molecule has 7 nitrogen and oxygen atoms in total. The lowest BCUT2D eigenvalue weighted by Gasteiger charge is -2.21. The van der Waals surface area contributed by atoms with Crippen molar-refractivity contribution in [2.24, 2.45) is 0 Å². The van der Waals surface area contributed by atoms with Gasteiger partial charge in [-0.2, -0.15) is 5.10 Å². The Balaban J connectivity index is 1.93. The normalized spacial score (nSPS) is 15.1. The molecule has 1 aromatic heterocycles. The third-order valence-corrected chi connectivity index (χ3v) is 6.39. The van der Waals surface area contributed by atoms with Crippen LogP contribution in [0.4, 0.5) is 0 Å². The van der Waals surface area contributed by atoms with Crippen LogP contribution in [0.25, 0.3) is 0 Å². The Morgan fingerprint density at radius 1 is 1.27 bits per heavy atom. The largest absolute Gasteiger partial charge is 0.486 e. The molecule has 0 aliphatic carbocycles. The molecule has 1 atom stereocenters. The number of halogens is 1. The number of hydrogen-bond acceptors (Lipinski definition) is 5. The van der Waals surface area contributed by atoms with E-state index in [2.05, 4.69) is 9.82 Å². The molecule has 26 heavy (non-hydrogen) atoms. The zero-order chi connectivity index (χ0) is 19.1. The fraction of sp³-hybridized carbons (Fsp3) is 0.471. The average molecular weight is 400 g/mol. The first kappa shape index (κ1) is 19.0. The summed E-state index contributed by atoms with van der Waals surface area (Å²) in [6.07, 6.45) is 0. The van der Waals surface area contributed by atoms with Gasteiger partial charge in [0.15, 0.2) is 11.5 Å². The van der Waals surface area contributed by atoms with Crippen LogP contribution in [0.3, 0.4) is 0 Å². The lowest BCUT2D eigenvalue weighted by atomic mass is 10.1. The number of benzene rings is 1. The van der Waals surface area contributed by atoms with Crippen LogP contribution in [0.15, 0.2) is 17.0 Å². The third kappa shape index (κ3) is 3.41. The van der Waals surface area contributed by atoms with Crippen LogP contribution in [0, 0.1) is 13.8 Å². The predicted molar refractivity (Wildman–Crippen MR) is 98.6 cm³/mol. The number of rotatable bonds is 5. The minimum Gasteiger partial charge on any atom is -0.486 e. The van der Waals surface area contributed by atoms with Crippen molar-refractivity contribution in [2.75, 3.05) is 13.2 Å². The van der Waals surface area contributed by atoms with Crippen LogP contribution >= 0.6 is 11.6 Å². The van der Waals surface area contributed by atoms with E-state index in [9.17, 15) is 8.42 Å². The Kier molecular flexibility index (Phi) is 5.18. The number of ether oxygens (including phenoxy) is 2. The summed E-state index contributed by atoms with van der Waals surface area (Å²) in [7, 11) is -3.86. The molecule has 1 N–H and O–H groups in total. The molecule has 0 saturated carbocycles. The number of aromatic nitrogens is 2. The minimum atomic E-state index is -3.86. The highest BCUT2D eigenvalue weighted by atomic mass is 35.5. The SMILES string of the molecule is CCn1nc(C)c(C(C)NS(=O)(=O)c2cc3c(cc2Cl)OCCO3)c1C. The molecule has 9 heteroatoms. The maximum atomic E-state index is 12.9. The predicted octanol–water partition coefficient (Wildman–Crippen LogP) is 2.98. The molecule has 2 heterocycles. The molecule has 0 saturated heterocycles. The summed E-state index contributed by atoms with van der Waals surface area (Å²) in [4.78, 5) is -0.0338. The van der Waals surface area contributed by atoms with Gasteiger partial charge < -0.3 is 9.47 Å². The lowest BCUT2D eigenvalue weighted by molar-refractivity contribution is 0.171. The highest BCUT2D eigenvalue weighted by molar-refractivity contribution is 7.89. The molecule has 1 aromatic carbocycles. The molecule has 0 amide bonds. The summed E-state index contributed by atoms with van der Waals surface area (Å²) in [6, 6.07) is 2.42. The van der Waals surface area contributed by atoms with Crippen molar-refractivity contribution in [2.45, 2.75) is 45.2 Å². The zero-order valence-electron chi connectivity index (χ0n) is 15.2. The molecule has 2 aromatic rings. The lowest BCUT2D eigenvalue weighted by Crippen LogP contribution is -2.28. The number of nitrogens with one attached hydrogen (secondary N) is 1. The van der Waals surface area contributed by atoms with Crippen molar-refractivity contribution < 1.29 is 17.9 Å². The Morgan fingerprint density at radius 2 is 1.88 bits per heavy atom. The van der Waals surface area contributed by atoms with Gasteiger partial charge in [0.25, 0.3) is 0 Å². The monoisotopic (exact) mass is 399 g/mol. The van der Waals surface area contributed by atoms with Crippen molar-refractivity contribution in [3.8, 4) is 11.5 Å². The van der Waals surface area contributed by atoms with E-state index < -0.39 is 16.1 Å². The third-order valence-electron chi connectivity index (χ3n) is 4.39. The summed E-state index contributed by atoms with van der Waals surface area (Å²) in [6.45, 7) is 9.09. The molecule has 0 spiro atoms. The van der Waals surface area contributed by atoms with E-state index in [1.807, 2.05) is 25.5 Å². The molecule has 0 bridgehead atoms. The standard InChI is InChI=1S/C17H22ClN3O4S/c1-5-21-12(4)17(10(2)19-21)11(3)20-26(22,23)16-9-15-14(8-13(16)18)24-6-7-25-15/h8-9,11,20H,5-7H2,1-4H3. The fourth-order valence-corrected chi connectivity index (χ4v) is 5.00. The smallest absolute Gasteiger partial charge is 0.242 e. The van der Waals surface area contributed by atoms with Crippen LogP contribution in [0.5, 0.6) is 11.5 Å². The van der Waals surface area contributed by atoms with E-state index in [1.54, 1.807) is 6.92 Å². The first-order chi connectivity index (χ1) is 12.2. The van der Waals surface area contributed by atoms with Crippen molar-refractivity contribution in [3.63, 3.8) is 0 Å².